The van der Waals surface area contributed by atoms with Gasteiger partial charge in [-0.15, -0.1) is 11.8 Å². The molecule has 0 bridgehead atoms. The van der Waals surface area contributed by atoms with Crippen molar-refractivity contribution in [1.29, 1.82) is 0 Å². The average Bonchev–Trinajstić information content (AvgIpc) is 3.34. The maximum absolute atomic E-state index is 12.0. The van der Waals surface area contributed by atoms with Crippen molar-refractivity contribution in [1.82, 2.24) is 10.1 Å². The fourth-order valence-electron chi connectivity index (χ4n) is 3.37. The topological polar surface area (TPSA) is 118 Å². The van der Waals surface area contributed by atoms with Gasteiger partial charge in [-0.1, -0.05) is 5.16 Å². The van der Waals surface area contributed by atoms with E-state index in [1.54, 1.807) is 34.3 Å². The normalized spacial score (nSPS) is 11.9. The molecule has 0 aliphatic carbocycles. The lowest BCUT2D eigenvalue weighted by Gasteiger charge is -2.16. The van der Waals surface area contributed by atoms with Crippen LogP contribution in [0.2, 0.25) is 0 Å². The molecule has 0 spiro atoms. The van der Waals surface area contributed by atoms with E-state index in [-0.39, 0.29) is 0 Å². The number of aliphatic imine (C=N–C) groups is 2. The van der Waals surface area contributed by atoms with E-state index in [2.05, 4.69) is 15.1 Å². The third kappa shape index (κ3) is 6.49. The number of benzene rings is 2. The highest BCUT2D eigenvalue weighted by Gasteiger charge is 2.20. The quantitative estimate of drug-likeness (QED) is 0.291. The Kier molecular flexibility index (Phi) is 9.60. The van der Waals surface area contributed by atoms with Gasteiger partial charge in [-0.2, -0.15) is 9.98 Å². The fourth-order valence-corrected chi connectivity index (χ4v) is 3.89. The molecular formula is C25H28N4O6S. The number of hydrogen-bond donors (Lipinski definition) is 0. The summed E-state index contributed by atoms with van der Waals surface area (Å²) < 4.78 is 26.3. The second kappa shape index (κ2) is 12.8. The molecule has 0 radical (unpaired) electrons. The molecule has 3 rings (SSSR count). The highest BCUT2D eigenvalue weighted by Crippen LogP contribution is 2.34. The molecule has 0 unspecified atom stereocenters. The second-order valence-electron chi connectivity index (χ2n) is 7.35. The van der Waals surface area contributed by atoms with E-state index in [1.165, 1.54) is 18.9 Å². The van der Waals surface area contributed by atoms with E-state index >= 15 is 0 Å². The number of rotatable bonds is 9. The molecule has 0 atom stereocenters. The van der Waals surface area contributed by atoms with E-state index in [0.717, 1.165) is 11.1 Å². The smallest absolute Gasteiger partial charge is 0.434 e. The summed E-state index contributed by atoms with van der Waals surface area (Å²) in [6.07, 6.45) is 1.67. The average molecular weight is 513 g/mol. The van der Waals surface area contributed by atoms with Crippen LogP contribution in [0.4, 0.5) is 10.5 Å². The number of ether oxygens (including phenoxy) is 4. The molecule has 0 aliphatic heterocycles. The number of methoxy groups -OCH3 is 4. The molecule has 0 N–H and O–H groups in total. The summed E-state index contributed by atoms with van der Waals surface area (Å²) >= 11 is 1.27. The highest BCUT2D eigenvalue weighted by molar-refractivity contribution is 8.15. The molecule has 36 heavy (non-hydrogen) atoms. The lowest BCUT2D eigenvalue weighted by atomic mass is 10.0. The molecule has 190 valence electrons. The molecule has 10 nitrogen and oxygen atoms in total. The fraction of sp³-hybridized carbons (Fsp3) is 0.320. The number of hydrogen-bond acceptors (Lipinski definition) is 10. The number of thioether (sulfide) groups is 1. The van der Waals surface area contributed by atoms with Crippen molar-refractivity contribution in [2.75, 3.05) is 41.3 Å². The Labute approximate surface area is 213 Å². The van der Waals surface area contributed by atoms with Crippen LogP contribution in [-0.4, -0.2) is 68.3 Å². The molecule has 2 aromatic carbocycles. The van der Waals surface area contributed by atoms with Crippen LogP contribution in [-0.2, 0) is 15.9 Å². The maximum atomic E-state index is 12.0. The highest BCUT2D eigenvalue weighted by atomic mass is 32.2. The van der Waals surface area contributed by atoms with Crippen LogP contribution in [0, 0.1) is 6.92 Å². The van der Waals surface area contributed by atoms with Crippen molar-refractivity contribution >= 4 is 34.3 Å². The number of aryl methyl sites for hydroxylation is 1. The minimum atomic E-state index is -0.727. The number of amides is 1. The van der Waals surface area contributed by atoms with E-state index in [9.17, 15) is 4.79 Å². The number of aromatic nitrogens is 2. The van der Waals surface area contributed by atoms with Crippen molar-refractivity contribution in [3.63, 3.8) is 0 Å². The van der Waals surface area contributed by atoms with E-state index < -0.39 is 6.09 Å². The number of nitrogens with zero attached hydrogens (tertiary/aromatic N) is 4. The SMILES string of the molecule is COCCc1cc(C(=Nc2ccc(-c3noc(C)n3)cc2)/C(=N/C(=O)OC)SC)cc(OC)c1OC. The predicted molar refractivity (Wildman–Crippen MR) is 139 cm³/mol. The van der Waals surface area contributed by atoms with E-state index in [0.29, 0.717) is 58.2 Å². The first kappa shape index (κ1) is 26.9. The first-order valence-corrected chi connectivity index (χ1v) is 12.1. The van der Waals surface area contributed by atoms with Crippen molar-refractivity contribution in [3.8, 4) is 22.9 Å². The monoisotopic (exact) mass is 512 g/mol. The zero-order valence-corrected chi connectivity index (χ0v) is 21.8. The van der Waals surface area contributed by atoms with Gasteiger partial charge in [0.15, 0.2) is 11.5 Å². The Balaban J connectivity index is 2.16. The Morgan fingerprint density at radius 2 is 1.83 bits per heavy atom. The predicted octanol–water partition coefficient (Wildman–Crippen LogP) is 4.90. The number of carbonyl (C=O) groups is 1. The molecule has 1 amide bonds. The summed E-state index contributed by atoms with van der Waals surface area (Å²) in [5.41, 5.74) is 3.44. The van der Waals surface area contributed by atoms with Crippen molar-refractivity contribution in [3.05, 3.63) is 53.4 Å². The van der Waals surface area contributed by atoms with Crippen LogP contribution in [0.15, 0.2) is 50.9 Å². The Morgan fingerprint density at radius 3 is 2.39 bits per heavy atom. The third-order valence-corrected chi connectivity index (χ3v) is 5.73. The lowest BCUT2D eigenvalue weighted by molar-refractivity contribution is 0.183. The van der Waals surface area contributed by atoms with E-state index in [4.69, 9.17) is 28.5 Å². The molecule has 0 saturated carbocycles. The van der Waals surface area contributed by atoms with Gasteiger partial charge >= 0.3 is 6.09 Å². The molecule has 0 saturated heterocycles. The van der Waals surface area contributed by atoms with Crippen LogP contribution in [0.25, 0.3) is 11.4 Å². The summed E-state index contributed by atoms with van der Waals surface area (Å²) in [6, 6.07) is 11.1. The minimum absolute atomic E-state index is 0.379. The Bertz CT molecular complexity index is 1250. The first-order chi connectivity index (χ1) is 17.4. The summed E-state index contributed by atoms with van der Waals surface area (Å²) in [7, 11) is 6.06. The van der Waals surface area contributed by atoms with Crippen molar-refractivity contribution < 1.29 is 28.3 Å². The Morgan fingerprint density at radius 1 is 1.08 bits per heavy atom. The summed E-state index contributed by atoms with van der Waals surface area (Å²) in [6.45, 7) is 2.22. The molecule has 11 heteroatoms. The third-order valence-electron chi connectivity index (χ3n) is 5.06. The van der Waals surface area contributed by atoms with Crippen LogP contribution >= 0.6 is 11.8 Å². The molecule has 0 fully saturated rings. The van der Waals surface area contributed by atoms with Gasteiger partial charge in [-0.3, -0.25) is 0 Å². The zero-order chi connectivity index (χ0) is 26.1. The van der Waals surface area contributed by atoms with E-state index in [1.807, 2.05) is 36.6 Å². The zero-order valence-electron chi connectivity index (χ0n) is 21.0. The molecule has 0 aliphatic rings. The van der Waals surface area contributed by atoms with Gasteiger partial charge in [0, 0.05) is 30.7 Å². The van der Waals surface area contributed by atoms with Gasteiger partial charge in [0.25, 0.3) is 0 Å². The summed E-state index contributed by atoms with van der Waals surface area (Å²) in [4.78, 5) is 25.2. The van der Waals surface area contributed by atoms with Crippen LogP contribution in [0.3, 0.4) is 0 Å². The summed E-state index contributed by atoms with van der Waals surface area (Å²) in [5, 5.41) is 4.32. The second-order valence-corrected chi connectivity index (χ2v) is 8.14. The van der Waals surface area contributed by atoms with Crippen molar-refractivity contribution in [2.24, 2.45) is 9.98 Å². The molecule has 1 aromatic heterocycles. The Hall–Kier alpha value is -3.70. The maximum Gasteiger partial charge on any atom is 0.434 e. The van der Waals surface area contributed by atoms with Gasteiger partial charge in [0.05, 0.1) is 33.6 Å². The van der Waals surface area contributed by atoms with Gasteiger partial charge < -0.3 is 23.5 Å². The molecular weight excluding hydrogens is 484 g/mol. The minimum Gasteiger partial charge on any atom is -0.493 e. The summed E-state index contributed by atoms with van der Waals surface area (Å²) in [5.74, 6) is 2.10. The standard InChI is InChI=1S/C25H28N4O6S/c1-15-26-23(29-35-15)16-7-9-19(10-8-16)27-21(24(36-6)28-25(30)34-5)18-13-17(11-12-31-2)22(33-4)20(14-18)32-3/h7-10,13-14H,11-12H2,1-6H3/b27-21?,28-24-. The van der Waals surface area contributed by atoms with Crippen LogP contribution < -0.4 is 9.47 Å². The van der Waals surface area contributed by atoms with Crippen molar-refractivity contribution in [2.45, 2.75) is 13.3 Å². The largest absolute Gasteiger partial charge is 0.493 e. The van der Waals surface area contributed by atoms with Gasteiger partial charge in [-0.25, -0.2) is 9.79 Å². The van der Waals surface area contributed by atoms with Crippen LogP contribution in [0.5, 0.6) is 11.5 Å². The number of carbonyl (C=O) groups excluding carboxylic acids is 1. The van der Waals surface area contributed by atoms with Gasteiger partial charge in [0.1, 0.15) is 10.8 Å². The van der Waals surface area contributed by atoms with Crippen LogP contribution in [0.1, 0.15) is 17.0 Å². The lowest BCUT2D eigenvalue weighted by Crippen LogP contribution is -2.15. The molecule has 3 aromatic rings. The van der Waals surface area contributed by atoms with Gasteiger partial charge in [-0.05, 0) is 49.1 Å². The van der Waals surface area contributed by atoms with Gasteiger partial charge in [0.2, 0.25) is 11.7 Å². The first-order valence-electron chi connectivity index (χ1n) is 10.9. The molecule has 1 heterocycles.